The number of rotatable bonds is 7. The van der Waals surface area contributed by atoms with E-state index < -0.39 is 17.8 Å². The molecule has 1 unspecified atom stereocenters. The number of hydrogen-bond donors (Lipinski definition) is 1. The number of carbonyl (C=O) groups excluding carboxylic acids is 2. The highest BCUT2D eigenvalue weighted by Gasteiger charge is 2.40. The van der Waals surface area contributed by atoms with E-state index in [9.17, 15) is 18.4 Å². The van der Waals surface area contributed by atoms with Crippen molar-refractivity contribution in [3.05, 3.63) is 34.6 Å². The fourth-order valence-electron chi connectivity index (χ4n) is 3.29. The van der Waals surface area contributed by atoms with Crippen LogP contribution >= 0.6 is 11.3 Å². The molecule has 10 heteroatoms. The first-order valence-electron chi connectivity index (χ1n) is 10.0. The molecule has 1 saturated carbocycles. The van der Waals surface area contributed by atoms with Gasteiger partial charge in [-0.3, -0.25) is 14.5 Å². The second-order valence-electron chi connectivity index (χ2n) is 8.51. The molecule has 0 aromatic carbocycles. The summed E-state index contributed by atoms with van der Waals surface area (Å²) in [5.74, 6) is -3.05. The Morgan fingerprint density at radius 2 is 1.94 bits per heavy atom. The fraction of sp³-hybridized carbons (Fsp3) is 0.524. The van der Waals surface area contributed by atoms with Gasteiger partial charge in [0.1, 0.15) is 12.3 Å². The average Bonchev–Trinajstić information content (AvgIpc) is 3.04. The summed E-state index contributed by atoms with van der Waals surface area (Å²) in [5.41, 5.74) is 0.119. The number of aromatic nitrogens is 2. The van der Waals surface area contributed by atoms with E-state index in [0.29, 0.717) is 4.88 Å². The van der Waals surface area contributed by atoms with Gasteiger partial charge in [-0.1, -0.05) is 13.8 Å². The summed E-state index contributed by atoms with van der Waals surface area (Å²) in [5, 5.41) is 3.11. The van der Waals surface area contributed by atoms with Crippen molar-refractivity contribution in [1.82, 2.24) is 15.3 Å². The van der Waals surface area contributed by atoms with Gasteiger partial charge in [0.15, 0.2) is 5.13 Å². The van der Waals surface area contributed by atoms with Crippen molar-refractivity contribution in [3.8, 4) is 0 Å². The van der Waals surface area contributed by atoms with Crippen LogP contribution in [0.2, 0.25) is 0 Å². The highest BCUT2D eigenvalue weighted by Crippen LogP contribution is 2.40. The molecule has 1 atom stereocenters. The van der Waals surface area contributed by atoms with Crippen molar-refractivity contribution < 1.29 is 23.1 Å². The molecule has 0 radical (unpaired) electrons. The van der Waals surface area contributed by atoms with Gasteiger partial charge in [0.25, 0.3) is 11.8 Å². The molecular weight excluding hydrogens is 426 g/mol. The predicted molar refractivity (Wildman–Crippen MR) is 114 cm³/mol. The van der Waals surface area contributed by atoms with Crippen LogP contribution in [0.5, 0.6) is 0 Å². The molecule has 2 amide bonds. The van der Waals surface area contributed by atoms with Gasteiger partial charge in [0.2, 0.25) is 11.9 Å². The SMILES string of the molecule is Cc1sc(N(C(=O)COC(C)C)c2cc(F)nc(F)c2)nc1C(=O)NC1CCC1(C)C. The zero-order valence-electron chi connectivity index (χ0n) is 18.2. The normalized spacial score (nSPS) is 17.4. The molecule has 31 heavy (non-hydrogen) atoms. The first kappa shape index (κ1) is 23.2. The number of nitrogens with zero attached hydrogens (tertiary/aromatic N) is 3. The largest absolute Gasteiger partial charge is 0.369 e. The van der Waals surface area contributed by atoms with Gasteiger partial charge >= 0.3 is 0 Å². The topological polar surface area (TPSA) is 84.4 Å². The van der Waals surface area contributed by atoms with E-state index in [2.05, 4.69) is 29.1 Å². The minimum atomic E-state index is -1.07. The van der Waals surface area contributed by atoms with Crippen LogP contribution in [0.1, 0.15) is 55.9 Å². The first-order chi connectivity index (χ1) is 14.5. The van der Waals surface area contributed by atoms with Gasteiger partial charge in [-0.15, -0.1) is 11.3 Å². The number of carbonyl (C=O) groups is 2. The number of amides is 2. The maximum absolute atomic E-state index is 13.8. The van der Waals surface area contributed by atoms with E-state index in [-0.39, 0.29) is 46.6 Å². The number of pyridine rings is 1. The number of aryl methyl sites for hydroxylation is 1. The van der Waals surface area contributed by atoms with Gasteiger partial charge in [0, 0.05) is 23.1 Å². The van der Waals surface area contributed by atoms with Crippen LogP contribution in [-0.2, 0) is 9.53 Å². The Hall–Kier alpha value is -2.46. The molecule has 0 saturated heterocycles. The van der Waals surface area contributed by atoms with Gasteiger partial charge in [0.05, 0.1) is 11.8 Å². The Morgan fingerprint density at radius 3 is 2.45 bits per heavy atom. The van der Waals surface area contributed by atoms with Crippen LogP contribution in [0, 0.1) is 24.2 Å². The van der Waals surface area contributed by atoms with Crippen molar-refractivity contribution in [2.24, 2.45) is 5.41 Å². The first-order valence-corrected chi connectivity index (χ1v) is 10.9. The Bertz CT molecular complexity index is 973. The summed E-state index contributed by atoms with van der Waals surface area (Å²) in [4.78, 5) is 34.7. The van der Waals surface area contributed by atoms with E-state index in [1.165, 1.54) is 0 Å². The lowest BCUT2D eigenvalue weighted by molar-refractivity contribution is -0.123. The Morgan fingerprint density at radius 1 is 1.29 bits per heavy atom. The minimum Gasteiger partial charge on any atom is -0.369 e. The highest BCUT2D eigenvalue weighted by atomic mass is 32.1. The molecule has 1 aliphatic carbocycles. The molecule has 1 N–H and O–H groups in total. The number of thiazole rings is 1. The van der Waals surface area contributed by atoms with E-state index >= 15 is 0 Å². The molecule has 0 aliphatic heterocycles. The third-order valence-corrected chi connectivity index (χ3v) is 6.27. The van der Waals surface area contributed by atoms with Gasteiger partial charge < -0.3 is 10.1 Å². The molecular formula is C21H26F2N4O3S. The summed E-state index contributed by atoms with van der Waals surface area (Å²) in [7, 11) is 0. The maximum atomic E-state index is 13.8. The number of anilines is 2. The molecule has 0 bridgehead atoms. The smallest absolute Gasteiger partial charge is 0.271 e. The monoisotopic (exact) mass is 452 g/mol. The van der Waals surface area contributed by atoms with Crippen molar-refractivity contribution in [3.63, 3.8) is 0 Å². The molecule has 2 aromatic rings. The maximum Gasteiger partial charge on any atom is 0.271 e. The Labute approximate surface area is 183 Å². The lowest BCUT2D eigenvalue weighted by Gasteiger charge is -2.44. The van der Waals surface area contributed by atoms with Gasteiger partial charge in [-0.25, -0.2) is 4.98 Å². The average molecular weight is 453 g/mol. The molecule has 1 fully saturated rings. The number of halogens is 2. The van der Waals surface area contributed by atoms with Gasteiger partial charge in [-0.05, 0) is 39.0 Å². The summed E-state index contributed by atoms with van der Waals surface area (Å²) < 4.78 is 32.9. The minimum absolute atomic E-state index is 0.0185. The zero-order chi connectivity index (χ0) is 22.9. The molecule has 1 aliphatic rings. The van der Waals surface area contributed by atoms with Crippen LogP contribution in [-0.4, -0.2) is 40.5 Å². The Kier molecular flexibility index (Phi) is 6.70. The third kappa shape index (κ3) is 5.24. The van der Waals surface area contributed by atoms with Crippen molar-refractivity contribution in [1.29, 1.82) is 0 Å². The quantitative estimate of drug-likeness (QED) is 0.639. The van der Waals surface area contributed by atoms with Crippen LogP contribution in [0.3, 0.4) is 0 Å². The molecule has 7 nitrogen and oxygen atoms in total. The molecule has 2 aromatic heterocycles. The fourth-order valence-corrected chi connectivity index (χ4v) is 4.24. The lowest BCUT2D eigenvalue weighted by Crippen LogP contribution is -2.52. The lowest BCUT2D eigenvalue weighted by atomic mass is 9.67. The number of hydrogen-bond acceptors (Lipinski definition) is 6. The standard InChI is InChI=1S/C21H26F2N4O3S/c1-11(2)30-10-17(28)27(13-8-15(22)25-16(23)9-13)20-26-18(12(3)31-20)19(29)24-14-6-7-21(14,4)5/h8-9,11,14H,6-7,10H2,1-5H3,(H,24,29). The number of ether oxygens (including phenoxy) is 1. The zero-order valence-corrected chi connectivity index (χ0v) is 19.0. The van der Waals surface area contributed by atoms with Gasteiger partial charge in [-0.2, -0.15) is 13.8 Å². The van der Waals surface area contributed by atoms with Crippen molar-refractivity contribution in [2.75, 3.05) is 11.5 Å². The Balaban J connectivity index is 1.93. The van der Waals surface area contributed by atoms with Crippen molar-refractivity contribution >= 4 is 34.0 Å². The van der Waals surface area contributed by atoms with Crippen molar-refractivity contribution in [2.45, 2.75) is 59.6 Å². The second-order valence-corrected chi connectivity index (χ2v) is 9.70. The molecule has 168 valence electrons. The molecule has 0 spiro atoms. The number of nitrogens with one attached hydrogen (secondary N) is 1. The van der Waals surface area contributed by atoms with Crippen LogP contribution in [0.25, 0.3) is 0 Å². The highest BCUT2D eigenvalue weighted by molar-refractivity contribution is 7.16. The third-order valence-electron chi connectivity index (χ3n) is 5.31. The van der Waals surface area contributed by atoms with Crippen LogP contribution < -0.4 is 10.2 Å². The van der Waals surface area contributed by atoms with Crippen LogP contribution in [0.15, 0.2) is 12.1 Å². The second kappa shape index (κ2) is 8.96. The van der Waals surface area contributed by atoms with E-state index in [4.69, 9.17) is 4.74 Å². The summed E-state index contributed by atoms with van der Waals surface area (Å²) in [6.07, 6.45) is 1.69. The van der Waals surface area contributed by atoms with Crippen LogP contribution in [0.4, 0.5) is 19.6 Å². The molecule has 3 rings (SSSR count). The van der Waals surface area contributed by atoms with E-state index in [0.717, 1.165) is 41.2 Å². The summed E-state index contributed by atoms with van der Waals surface area (Å²) in [6.45, 7) is 9.09. The van der Waals surface area contributed by atoms with E-state index in [1.54, 1.807) is 20.8 Å². The predicted octanol–water partition coefficient (Wildman–Crippen LogP) is 4.13. The summed E-state index contributed by atoms with van der Waals surface area (Å²) >= 11 is 1.08. The molecule has 2 heterocycles. The van der Waals surface area contributed by atoms with E-state index in [1.807, 2.05) is 0 Å². The summed E-state index contributed by atoms with van der Waals surface area (Å²) in [6, 6.07) is 1.91.